The fourth-order valence-corrected chi connectivity index (χ4v) is 1.99. The molecule has 94 valence electrons. The topological polar surface area (TPSA) is 42.2 Å². The highest BCUT2D eigenvalue weighted by Crippen LogP contribution is 2.27. The second-order valence-corrected chi connectivity index (χ2v) is 4.80. The average Bonchev–Trinajstić information content (AvgIpc) is 2.73. The summed E-state index contributed by atoms with van der Waals surface area (Å²) in [7, 11) is 0. The zero-order chi connectivity index (χ0) is 13.3. The van der Waals surface area contributed by atoms with Crippen molar-refractivity contribution >= 4 is 5.97 Å². The van der Waals surface area contributed by atoms with Crippen LogP contribution in [0.2, 0.25) is 0 Å². The molecule has 2 aromatic rings. The fraction of sp³-hybridized carbons (Fsp3) is 0.267. The predicted molar refractivity (Wildman–Crippen MR) is 71.9 cm³/mol. The van der Waals surface area contributed by atoms with Crippen molar-refractivity contribution in [3.8, 4) is 11.1 Å². The molecule has 1 aromatic carbocycles. The largest absolute Gasteiger partial charge is 0.478 e. The average molecular weight is 243 g/mol. The molecule has 0 atom stereocenters. The standard InChI is InChI=1S/C15H17NO2/c1-10(2)16-8-13(14(9-16)15(17)18)12-6-4-5-11(3)7-12/h4-10H,1-3H3,(H,17,18). The van der Waals surface area contributed by atoms with E-state index in [1.54, 1.807) is 6.20 Å². The van der Waals surface area contributed by atoms with Crippen molar-refractivity contribution in [1.82, 2.24) is 4.57 Å². The van der Waals surface area contributed by atoms with Crippen molar-refractivity contribution < 1.29 is 9.90 Å². The van der Waals surface area contributed by atoms with Crippen LogP contribution in [-0.2, 0) is 0 Å². The van der Waals surface area contributed by atoms with Crippen molar-refractivity contribution in [1.29, 1.82) is 0 Å². The minimum absolute atomic E-state index is 0.252. The molecule has 1 aromatic heterocycles. The Hall–Kier alpha value is -2.03. The smallest absolute Gasteiger partial charge is 0.337 e. The molecule has 2 rings (SSSR count). The van der Waals surface area contributed by atoms with Gasteiger partial charge in [0.2, 0.25) is 0 Å². The number of carbonyl (C=O) groups is 1. The minimum atomic E-state index is -0.883. The molecule has 0 saturated carbocycles. The lowest BCUT2D eigenvalue weighted by Crippen LogP contribution is -1.98. The number of nitrogens with zero attached hydrogens (tertiary/aromatic N) is 1. The number of hydrogen-bond acceptors (Lipinski definition) is 1. The van der Waals surface area contributed by atoms with Gasteiger partial charge in [0.1, 0.15) is 0 Å². The van der Waals surface area contributed by atoms with Crippen molar-refractivity contribution in [2.24, 2.45) is 0 Å². The molecule has 0 aliphatic carbocycles. The molecule has 0 saturated heterocycles. The van der Waals surface area contributed by atoms with Crippen LogP contribution < -0.4 is 0 Å². The molecule has 0 spiro atoms. The highest BCUT2D eigenvalue weighted by molar-refractivity contribution is 5.96. The number of aromatic nitrogens is 1. The predicted octanol–water partition coefficient (Wildman–Crippen LogP) is 3.74. The van der Waals surface area contributed by atoms with Gasteiger partial charge in [-0.05, 0) is 26.3 Å². The highest BCUT2D eigenvalue weighted by Gasteiger charge is 2.16. The summed E-state index contributed by atoms with van der Waals surface area (Å²) in [5.74, 6) is -0.883. The molecule has 0 aliphatic heterocycles. The molecule has 3 nitrogen and oxygen atoms in total. The lowest BCUT2D eigenvalue weighted by atomic mass is 10.0. The van der Waals surface area contributed by atoms with Crippen molar-refractivity contribution in [2.45, 2.75) is 26.8 Å². The Kier molecular flexibility index (Phi) is 3.24. The van der Waals surface area contributed by atoms with Gasteiger partial charge in [0.25, 0.3) is 0 Å². The minimum Gasteiger partial charge on any atom is -0.478 e. The van der Waals surface area contributed by atoms with Crippen LogP contribution in [0.1, 0.15) is 35.8 Å². The Morgan fingerprint density at radius 1 is 1.28 bits per heavy atom. The summed E-state index contributed by atoms with van der Waals surface area (Å²) in [4.78, 5) is 11.3. The van der Waals surface area contributed by atoms with Gasteiger partial charge in [-0.2, -0.15) is 0 Å². The summed E-state index contributed by atoms with van der Waals surface area (Å²) in [6, 6.07) is 8.15. The molecule has 0 unspecified atom stereocenters. The fourth-order valence-electron chi connectivity index (χ4n) is 1.99. The Morgan fingerprint density at radius 2 is 2.00 bits per heavy atom. The molecule has 1 heterocycles. The first-order valence-electron chi connectivity index (χ1n) is 6.01. The quantitative estimate of drug-likeness (QED) is 0.892. The van der Waals surface area contributed by atoms with Gasteiger partial charge in [-0.1, -0.05) is 29.8 Å². The number of aryl methyl sites for hydroxylation is 1. The van der Waals surface area contributed by atoms with E-state index < -0.39 is 5.97 Å². The van der Waals surface area contributed by atoms with Crippen LogP contribution in [0.25, 0.3) is 11.1 Å². The second-order valence-electron chi connectivity index (χ2n) is 4.80. The van der Waals surface area contributed by atoms with Crippen LogP contribution in [0, 0.1) is 6.92 Å². The van der Waals surface area contributed by atoms with Crippen LogP contribution in [0.3, 0.4) is 0 Å². The second kappa shape index (κ2) is 4.69. The third-order valence-electron chi connectivity index (χ3n) is 3.00. The van der Waals surface area contributed by atoms with Crippen LogP contribution in [0.5, 0.6) is 0 Å². The Morgan fingerprint density at radius 3 is 2.56 bits per heavy atom. The summed E-state index contributed by atoms with van der Waals surface area (Å²) < 4.78 is 1.93. The van der Waals surface area contributed by atoms with E-state index in [1.165, 1.54) is 0 Å². The zero-order valence-electron chi connectivity index (χ0n) is 10.8. The van der Waals surface area contributed by atoms with Crippen molar-refractivity contribution in [2.75, 3.05) is 0 Å². The third-order valence-corrected chi connectivity index (χ3v) is 3.00. The number of aromatic carboxylic acids is 1. The number of carboxylic acid groups (broad SMARTS) is 1. The van der Waals surface area contributed by atoms with Gasteiger partial charge < -0.3 is 9.67 Å². The molecular formula is C15H17NO2. The SMILES string of the molecule is Cc1cccc(-c2cn(C(C)C)cc2C(=O)O)c1. The normalized spacial score (nSPS) is 10.9. The van der Waals surface area contributed by atoms with E-state index in [4.69, 9.17) is 0 Å². The van der Waals surface area contributed by atoms with Gasteiger partial charge in [0.05, 0.1) is 5.56 Å². The van der Waals surface area contributed by atoms with Gasteiger partial charge in [0.15, 0.2) is 0 Å². The molecule has 0 aliphatic rings. The number of benzene rings is 1. The van der Waals surface area contributed by atoms with Gasteiger partial charge in [0, 0.05) is 24.0 Å². The number of carboxylic acids is 1. The summed E-state index contributed by atoms with van der Waals surface area (Å²) in [5.41, 5.74) is 3.21. The van der Waals surface area contributed by atoms with Gasteiger partial charge in [-0.25, -0.2) is 4.79 Å². The lowest BCUT2D eigenvalue weighted by Gasteiger charge is -2.05. The van der Waals surface area contributed by atoms with Gasteiger partial charge >= 0.3 is 5.97 Å². The van der Waals surface area contributed by atoms with E-state index in [0.717, 1.165) is 16.7 Å². The number of rotatable bonds is 3. The first kappa shape index (κ1) is 12.4. The van der Waals surface area contributed by atoms with Gasteiger partial charge in [-0.15, -0.1) is 0 Å². The number of hydrogen-bond donors (Lipinski definition) is 1. The van der Waals surface area contributed by atoms with Crippen LogP contribution >= 0.6 is 0 Å². The third kappa shape index (κ3) is 2.30. The van der Waals surface area contributed by atoms with E-state index >= 15 is 0 Å². The highest BCUT2D eigenvalue weighted by atomic mass is 16.4. The molecule has 3 heteroatoms. The Bertz CT molecular complexity index is 582. The van der Waals surface area contributed by atoms with E-state index in [2.05, 4.69) is 0 Å². The first-order valence-corrected chi connectivity index (χ1v) is 6.01. The summed E-state index contributed by atoms with van der Waals surface area (Å²) in [5, 5.41) is 9.28. The molecule has 0 amide bonds. The summed E-state index contributed by atoms with van der Waals surface area (Å²) >= 11 is 0. The maximum absolute atomic E-state index is 11.3. The molecule has 0 bridgehead atoms. The molecular weight excluding hydrogens is 226 g/mol. The van der Waals surface area contributed by atoms with Crippen LogP contribution in [0.15, 0.2) is 36.7 Å². The van der Waals surface area contributed by atoms with E-state index in [1.807, 2.05) is 55.8 Å². The summed E-state index contributed by atoms with van der Waals surface area (Å²) in [6.07, 6.45) is 3.60. The van der Waals surface area contributed by atoms with Crippen LogP contribution in [-0.4, -0.2) is 15.6 Å². The van der Waals surface area contributed by atoms with E-state index in [0.29, 0.717) is 5.56 Å². The Labute approximate surface area is 107 Å². The van der Waals surface area contributed by atoms with Crippen molar-refractivity contribution in [3.63, 3.8) is 0 Å². The van der Waals surface area contributed by atoms with Crippen molar-refractivity contribution in [3.05, 3.63) is 47.8 Å². The van der Waals surface area contributed by atoms with E-state index in [9.17, 15) is 9.90 Å². The Balaban J connectivity index is 2.58. The maximum Gasteiger partial charge on any atom is 0.337 e. The first-order chi connectivity index (χ1) is 8.49. The molecule has 0 radical (unpaired) electrons. The molecule has 18 heavy (non-hydrogen) atoms. The molecule has 0 fully saturated rings. The maximum atomic E-state index is 11.3. The lowest BCUT2D eigenvalue weighted by molar-refractivity contribution is 0.0697. The zero-order valence-corrected chi connectivity index (χ0v) is 10.8. The monoisotopic (exact) mass is 243 g/mol. The molecule has 1 N–H and O–H groups in total. The summed E-state index contributed by atoms with van der Waals surface area (Å²) in [6.45, 7) is 6.07. The van der Waals surface area contributed by atoms with Crippen LogP contribution in [0.4, 0.5) is 0 Å². The van der Waals surface area contributed by atoms with E-state index in [-0.39, 0.29) is 6.04 Å². The van der Waals surface area contributed by atoms with Gasteiger partial charge in [-0.3, -0.25) is 0 Å².